The van der Waals surface area contributed by atoms with Crippen molar-refractivity contribution < 1.29 is 4.79 Å². The summed E-state index contributed by atoms with van der Waals surface area (Å²) in [6.07, 6.45) is 4.64. The molecule has 7 nitrogen and oxygen atoms in total. The minimum atomic E-state index is -0.225. The van der Waals surface area contributed by atoms with Gasteiger partial charge in [-0.3, -0.25) is 9.36 Å². The van der Waals surface area contributed by atoms with Gasteiger partial charge in [0.05, 0.1) is 16.9 Å². The van der Waals surface area contributed by atoms with Gasteiger partial charge in [0.1, 0.15) is 18.5 Å². The van der Waals surface area contributed by atoms with Crippen molar-refractivity contribution in [2.75, 3.05) is 5.32 Å². The summed E-state index contributed by atoms with van der Waals surface area (Å²) in [6.45, 7) is 5.86. The van der Waals surface area contributed by atoms with E-state index >= 15 is 0 Å². The molecule has 0 aliphatic rings. The van der Waals surface area contributed by atoms with Crippen molar-refractivity contribution in [1.82, 2.24) is 24.7 Å². The number of hydrogen-bond donors (Lipinski definition) is 1. The predicted octanol–water partition coefficient (Wildman–Crippen LogP) is 2.74. The van der Waals surface area contributed by atoms with Gasteiger partial charge >= 0.3 is 0 Å². The number of carbonyl (C=O) groups excluding carboxylic acids is 1. The van der Waals surface area contributed by atoms with Gasteiger partial charge in [0.2, 0.25) is 0 Å². The Kier molecular flexibility index (Phi) is 4.33. The molecule has 24 heavy (non-hydrogen) atoms. The maximum absolute atomic E-state index is 12.6. The number of carbonyl (C=O) groups is 1. The zero-order chi connectivity index (χ0) is 17.1. The van der Waals surface area contributed by atoms with E-state index in [1.165, 1.54) is 6.33 Å². The second-order valence-corrected chi connectivity index (χ2v) is 5.73. The summed E-state index contributed by atoms with van der Waals surface area (Å²) in [6, 6.07) is 7.50. The summed E-state index contributed by atoms with van der Waals surface area (Å²) in [4.78, 5) is 20.8. The van der Waals surface area contributed by atoms with Gasteiger partial charge in [-0.2, -0.15) is 0 Å². The van der Waals surface area contributed by atoms with Crippen LogP contribution in [0.3, 0.4) is 0 Å². The molecule has 0 unspecified atom stereocenters. The van der Waals surface area contributed by atoms with Crippen molar-refractivity contribution in [1.29, 1.82) is 0 Å². The molecule has 2 heterocycles. The minimum absolute atomic E-state index is 0.139. The Morgan fingerprint density at radius 1 is 1.29 bits per heavy atom. The molecule has 0 saturated carbocycles. The number of nitrogens with one attached hydrogen (secondary N) is 1. The second-order valence-electron chi connectivity index (χ2n) is 5.73. The lowest BCUT2D eigenvalue weighted by Gasteiger charge is -2.12. The van der Waals surface area contributed by atoms with Gasteiger partial charge in [0, 0.05) is 11.9 Å². The Morgan fingerprint density at radius 2 is 2.12 bits per heavy atom. The molecular weight excluding hydrogens is 304 g/mol. The van der Waals surface area contributed by atoms with E-state index in [9.17, 15) is 4.79 Å². The third kappa shape index (κ3) is 3.15. The summed E-state index contributed by atoms with van der Waals surface area (Å²) in [5.74, 6) is 0.689. The third-order valence-corrected chi connectivity index (χ3v) is 3.63. The summed E-state index contributed by atoms with van der Waals surface area (Å²) in [7, 11) is 0. The fourth-order valence-corrected chi connectivity index (χ4v) is 2.45. The topological polar surface area (TPSA) is 85.6 Å². The lowest BCUT2D eigenvalue weighted by Crippen LogP contribution is -2.16. The smallest absolute Gasteiger partial charge is 0.259 e. The number of rotatable bonds is 4. The minimum Gasteiger partial charge on any atom is -0.322 e. The fourth-order valence-electron chi connectivity index (χ4n) is 2.45. The molecule has 1 N–H and O–H groups in total. The first-order valence-electron chi connectivity index (χ1n) is 7.64. The van der Waals surface area contributed by atoms with Crippen LogP contribution in [0.15, 0.2) is 43.1 Å². The maximum Gasteiger partial charge on any atom is 0.259 e. The number of amides is 1. The van der Waals surface area contributed by atoms with E-state index in [1.54, 1.807) is 12.5 Å². The average Bonchev–Trinajstić information content (AvgIpc) is 3.01. The summed E-state index contributed by atoms with van der Waals surface area (Å²) < 4.78 is 1.85. The highest BCUT2D eigenvalue weighted by molar-refractivity contribution is 6.05. The van der Waals surface area contributed by atoms with Crippen molar-refractivity contribution >= 4 is 11.6 Å². The Labute approximate surface area is 139 Å². The first-order chi connectivity index (χ1) is 11.6. The van der Waals surface area contributed by atoms with Gasteiger partial charge in [0.15, 0.2) is 0 Å². The number of anilines is 1. The number of aromatic nitrogens is 5. The largest absolute Gasteiger partial charge is 0.322 e. The highest BCUT2D eigenvalue weighted by Gasteiger charge is 2.15. The quantitative estimate of drug-likeness (QED) is 0.798. The maximum atomic E-state index is 12.6. The normalized spacial score (nSPS) is 10.8. The van der Waals surface area contributed by atoms with Crippen molar-refractivity contribution in [2.45, 2.75) is 26.7 Å². The monoisotopic (exact) mass is 322 g/mol. The van der Waals surface area contributed by atoms with Crippen LogP contribution in [0, 0.1) is 6.92 Å². The van der Waals surface area contributed by atoms with Crippen molar-refractivity contribution in [2.24, 2.45) is 0 Å². The first kappa shape index (κ1) is 15.8. The van der Waals surface area contributed by atoms with Gasteiger partial charge < -0.3 is 5.32 Å². The summed E-state index contributed by atoms with van der Waals surface area (Å²) in [5, 5.41) is 10.7. The van der Waals surface area contributed by atoms with Crippen LogP contribution >= 0.6 is 0 Å². The van der Waals surface area contributed by atoms with E-state index in [4.69, 9.17) is 0 Å². The standard InChI is InChI=1S/C17H18N6O/c1-11(2)16-15(8-18-9-19-16)17(24)21-13-5-4-6-14(7-13)23-10-20-22-12(23)3/h4-11H,1-3H3,(H,21,24). The Morgan fingerprint density at radius 3 is 2.83 bits per heavy atom. The highest BCUT2D eigenvalue weighted by atomic mass is 16.1. The lowest BCUT2D eigenvalue weighted by atomic mass is 10.0. The Balaban J connectivity index is 1.87. The van der Waals surface area contributed by atoms with Crippen molar-refractivity contribution in [3.8, 4) is 5.69 Å². The van der Waals surface area contributed by atoms with E-state index in [0.717, 1.165) is 17.2 Å². The molecule has 7 heteroatoms. The number of nitrogens with zero attached hydrogens (tertiary/aromatic N) is 5. The van der Waals surface area contributed by atoms with Crippen LogP contribution < -0.4 is 5.32 Å². The second kappa shape index (κ2) is 6.57. The third-order valence-electron chi connectivity index (χ3n) is 3.63. The van der Waals surface area contributed by atoms with Gasteiger partial charge in [-0.25, -0.2) is 9.97 Å². The molecule has 3 rings (SSSR count). The summed E-state index contributed by atoms with van der Waals surface area (Å²) in [5.41, 5.74) is 2.78. The van der Waals surface area contributed by atoms with Crippen LogP contribution in [0.4, 0.5) is 5.69 Å². The highest BCUT2D eigenvalue weighted by Crippen LogP contribution is 2.19. The van der Waals surface area contributed by atoms with Gasteiger partial charge in [-0.15, -0.1) is 10.2 Å². The van der Waals surface area contributed by atoms with Crippen LogP contribution in [-0.4, -0.2) is 30.6 Å². The molecule has 0 bridgehead atoms. The molecular formula is C17H18N6O. The van der Waals surface area contributed by atoms with Gasteiger partial charge in [-0.05, 0) is 31.0 Å². The number of hydrogen-bond acceptors (Lipinski definition) is 5. The summed E-state index contributed by atoms with van der Waals surface area (Å²) >= 11 is 0. The van der Waals surface area contributed by atoms with Crippen LogP contribution in [0.5, 0.6) is 0 Å². The van der Waals surface area contributed by atoms with Crippen LogP contribution in [0.2, 0.25) is 0 Å². The molecule has 0 radical (unpaired) electrons. The van der Waals surface area contributed by atoms with Crippen LogP contribution in [0.1, 0.15) is 41.6 Å². The number of aryl methyl sites for hydroxylation is 1. The number of benzene rings is 1. The fraction of sp³-hybridized carbons (Fsp3) is 0.235. The van der Waals surface area contributed by atoms with E-state index in [2.05, 4.69) is 25.5 Å². The van der Waals surface area contributed by atoms with Gasteiger partial charge in [0.25, 0.3) is 5.91 Å². The first-order valence-corrected chi connectivity index (χ1v) is 7.64. The van der Waals surface area contributed by atoms with E-state index in [1.807, 2.05) is 49.6 Å². The zero-order valence-corrected chi connectivity index (χ0v) is 13.8. The molecule has 122 valence electrons. The Bertz CT molecular complexity index is 871. The molecule has 0 fully saturated rings. The van der Waals surface area contributed by atoms with Crippen LogP contribution in [0.25, 0.3) is 5.69 Å². The Hall–Kier alpha value is -3.09. The molecule has 0 spiro atoms. The van der Waals surface area contributed by atoms with E-state index < -0.39 is 0 Å². The average molecular weight is 322 g/mol. The zero-order valence-electron chi connectivity index (χ0n) is 13.8. The van der Waals surface area contributed by atoms with Crippen LogP contribution in [-0.2, 0) is 0 Å². The SMILES string of the molecule is Cc1nncn1-c1cccc(NC(=O)c2cncnc2C(C)C)c1. The molecule has 1 aromatic carbocycles. The van der Waals surface area contributed by atoms with Crippen molar-refractivity contribution in [3.63, 3.8) is 0 Å². The molecule has 3 aromatic rings. The van der Waals surface area contributed by atoms with E-state index in [0.29, 0.717) is 11.3 Å². The molecule has 0 saturated heterocycles. The van der Waals surface area contributed by atoms with E-state index in [-0.39, 0.29) is 11.8 Å². The molecule has 0 atom stereocenters. The molecule has 2 aromatic heterocycles. The predicted molar refractivity (Wildman–Crippen MR) is 90.2 cm³/mol. The molecule has 0 aliphatic carbocycles. The van der Waals surface area contributed by atoms with Crippen molar-refractivity contribution in [3.05, 3.63) is 60.2 Å². The lowest BCUT2D eigenvalue weighted by molar-refractivity contribution is 0.102. The molecule has 1 amide bonds. The van der Waals surface area contributed by atoms with Gasteiger partial charge in [-0.1, -0.05) is 19.9 Å². The molecule has 0 aliphatic heterocycles.